The Morgan fingerprint density at radius 3 is 2.55 bits per heavy atom. The van der Waals surface area contributed by atoms with Crippen LogP contribution in [0.5, 0.6) is 0 Å². The van der Waals surface area contributed by atoms with Crippen LogP contribution < -0.4 is 10.2 Å². The quantitative estimate of drug-likeness (QED) is 0.923. The number of rotatable bonds is 3. The van der Waals surface area contributed by atoms with Crippen molar-refractivity contribution >= 4 is 23.0 Å². The Bertz CT molecular complexity index is 704. The van der Waals surface area contributed by atoms with Crippen LogP contribution in [0, 0.1) is 5.92 Å². The lowest BCUT2D eigenvalue weighted by molar-refractivity contribution is -0.117. The summed E-state index contributed by atoms with van der Waals surface area (Å²) in [6.45, 7) is 2.25. The van der Waals surface area contributed by atoms with Crippen molar-refractivity contribution in [2.24, 2.45) is 5.92 Å². The summed E-state index contributed by atoms with van der Waals surface area (Å²) < 4.78 is 0. The fraction of sp³-hybridized carbons (Fsp3) is 0.316. The molecule has 2 aromatic rings. The van der Waals surface area contributed by atoms with E-state index in [1.165, 1.54) is 16.9 Å². The van der Waals surface area contributed by atoms with E-state index < -0.39 is 0 Å². The molecular weight excluding hydrogens is 272 g/mol. The number of hydrogen-bond donors (Lipinski definition) is 1. The van der Waals surface area contributed by atoms with Crippen LogP contribution in [-0.2, 0) is 11.2 Å². The van der Waals surface area contributed by atoms with Gasteiger partial charge in [-0.05, 0) is 62.1 Å². The molecule has 112 valence electrons. The fourth-order valence-corrected chi connectivity index (χ4v) is 3.25. The molecule has 1 atom stereocenters. The summed E-state index contributed by atoms with van der Waals surface area (Å²) in [7, 11) is 0. The van der Waals surface area contributed by atoms with Crippen molar-refractivity contribution in [3.63, 3.8) is 0 Å². The largest absolute Gasteiger partial charge is 0.338 e. The first-order valence-electron chi connectivity index (χ1n) is 8.00. The molecule has 1 saturated carbocycles. The number of carbonyl (C=O) groups excluding carboxylic acids is 1. The zero-order chi connectivity index (χ0) is 15.1. The van der Waals surface area contributed by atoms with E-state index in [2.05, 4.69) is 53.5 Å². The number of nitrogens with zero attached hydrogens (tertiary/aromatic N) is 1. The number of carbonyl (C=O) groups is 1. The van der Waals surface area contributed by atoms with Crippen molar-refractivity contribution in [2.45, 2.75) is 32.2 Å². The third-order valence-electron chi connectivity index (χ3n) is 4.57. The summed E-state index contributed by atoms with van der Waals surface area (Å²) in [4.78, 5) is 14.2. The SMILES string of the molecule is CC1Cc2ccccc2N1c1ccc(NC(=O)C2CC2)cc1. The second-order valence-electron chi connectivity index (χ2n) is 6.36. The number of fused-ring (bicyclic) bond motifs is 1. The molecular formula is C19H20N2O. The van der Waals surface area contributed by atoms with Crippen LogP contribution in [0.3, 0.4) is 0 Å². The molecule has 1 heterocycles. The second kappa shape index (κ2) is 5.16. The number of anilines is 3. The van der Waals surface area contributed by atoms with Gasteiger partial charge in [-0.25, -0.2) is 0 Å². The van der Waals surface area contributed by atoms with Gasteiger partial charge in [-0.1, -0.05) is 18.2 Å². The van der Waals surface area contributed by atoms with Crippen molar-refractivity contribution in [3.05, 3.63) is 54.1 Å². The molecule has 1 fully saturated rings. The molecule has 1 unspecified atom stereocenters. The van der Waals surface area contributed by atoms with Gasteiger partial charge in [-0.15, -0.1) is 0 Å². The normalized spacial score (nSPS) is 19.9. The van der Waals surface area contributed by atoms with Crippen molar-refractivity contribution in [2.75, 3.05) is 10.2 Å². The van der Waals surface area contributed by atoms with Gasteiger partial charge >= 0.3 is 0 Å². The molecule has 0 bridgehead atoms. The van der Waals surface area contributed by atoms with Crippen molar-refractivity contribution in [1.29, 1.82) is 0 Å². The molecule has 2 aliphatic rings. The smallest absolute Gasteiger partial charge is 0.227 e. The summed E-state index contributed by atoms with van der Waals surface area (Å²) >= 11 is 0. The van der Waals surface area contributed by atoms with Gasteiger partial charge in [0.05, 0.1) is 0 Å². The molecule has 0 spiro atoms. The van der Waals surface area contributed by atoms with E-state index in [9.17, 15) is 4.79 Å². The van der Waals surface area contributed by atoms with E-state index in [4.69, 9.17) is 0 Å². The van der Waals surface area contributed by atoms with Crippen molar-refractivity contribution in [3.8, 4) is 0 Å². The lowest BCUT2D eigenvalue weighted by atomic mass is 10.1. The summed E-state index contributed by atoms with van der Waals surface area (Å²) in [6, 6.07) is 17.2. The molecule has 4 rings (SSSR count). The number of amides is 1. The third-order valence-corrected chi connectivity index (χ3v) is 4.57. The van der Waals surface area contributed by atoms with Gasteiger partial charge in [0, 0.05) is 29.0 Å². The summed E-state index contributed by atoms with van der Waals surface area (Å²) in [5.41, 5.74) is 4.77. The van der Waals surface area contributed by atoms with E-state index in [0.29, 0.717) is 6.04 Å². The average molecular weight is 292 g/mol. The van der Waals surface area contributed by atoms with E-state index in [-0.39, 0.29) is 11.8 Å². The van der Waals surface area contributed by atoms with Gasteiger partial charge in [-0.2, -0.15) is 0 Å². The average Bonchev–Trinajstić information content (AvgIpc) is 3.31. The maximum absolute atomic E-state index is 11.8. The summed E-state index contributed by atoms with van der Waals surface area (Å²) in [5, 5.41) is 2.99. The van der Waals surface area contributed by atoms with Crippen LogP contribution in [0.15, 0.2) is 48.5 Å². The van der Waals surface area contributed by atoms with Crippen LogP contribution in [0.2, 0.25) is 0 Å². The molecule has 0 radical (unpaired) electrons. The lowest BCUT2D eigenvalue weighted by Crippen LogP contribution is -2.23. The highest BCUT2D eigenvalue weighted by Crippen LogP contribution is 2.38. The number of nitrogens with one attached hydrogen (secondary N) is 1. The number of benzene rings is 2. The Hall–Kier alpha value is -2.29. The zero-order valence-corrected chi connectivity index (χ0v) is 12.8. The minimum absolute atomic E-state index is 0.160. The Kier molecular flexibility index (Phi) is 3.14. The predicted molar refractivity (Wildman–Crippen MR) is 89.5 cm³/mol. The van der Waals surface area contributed by atoms with Gasteiger partial charge < -0.3 is 10.2 Å². The fourth-order valence-electron chi connectivity index (χ4n) is 3.25. The van der Waals surface area contributed by atoms with Crippen LogP contribution in [0.4, 0.5) is 17.1 Å². The second-order valence-corrected chi connectivity index (χ2v) is 6.36. The van der Waals surface area contributed by atoms with E-state index in [1.54, 1.807) is 0 Å². The van der Waals surface area contributed by atoms with Gasteiger partial charge in [0.25, 0.3) is 0 Å². The Labute approximate surface area is 131 Å². The molecule has 0 aromatic heterocycles. The highest BCUT2D eigenvalue weighted by molar-refractivity contribution is 5.94. The van der Waals surface area contributed by atoms with Crippen LogP contribution in [0.1, 0.15) is 25.3 Å². The van der Waals surface area contributed by atoms with Gasteiger partial charge in [0.1, 0.15) is 0 Å². The highest BCUT2D eigenvalue weighted by atomic mass is 16.2. The van der Waals surface area contributed by atoms with Crippen LogP contribution in [0.25, 0.3) is 0 Å². The minimum atomic E-state index is 0.160. The standard InChI is InChI=1S/C19H20N2O/c1-13-12-15-4-2-3-5-18(15)21(13)17-10-8-16(9-11-17)20-19(22)14-6-7-14/h2-5,8-11,13-14H,6-7,12H2,1H3,(H,20,22). The first-order valence-corrected chi connectivity index (χ1v) is 8.00. The topological polar surface area (TPSA) is 32.3 Å². The molecule has 22 heavy (non-hydrogen) atoms. The number of hydrogen-bond acceptors (Lipinski definition) is 2. The summed E-state index contributed by atoms with van der Waals surface area (Å²) in [6.07, 6.45) is 3.15. The maximum atomic E-state index is 11.8. The van der Waals surface area contributed by atoms with E-state index >= 15 is 0 Å². The van der Waals surface area contributed by atoms with Crippen molar-refractivity contribution < 1.29 is 4.79 Å². The monoisotopic (exact) mass is 292 g/mol. The van der Waals surface area contributed by atoms with E-state index in [0.717, 1.165) is 24.9 Å². The molecule has 2 aromatic carbocycles. The van der Waals surface area contributed by atoms with Crippen LogP contribution in [-0.4, -0.2) is 11.9 Å². The maximum Gasteiger partial charge on any atom is 0.227 e. The van der Waals surface area contributed by atoms with E-state index in [1.807, 2.05) is 12.1 Å². The first kappa shape index (κ1) is 13.4. The predicted octanol–water partition coefficient (Wildman–Crippen LogP) is 4.12. The third kappa shape index (κ3) is 2.37. The Balaban J connectivity index is 1.56. The lowest BCUT2D eigenvalue weighted by Gasteiger charge is -2.25. The molecule has 3 nitrogen and oxygen atoms in total. The molecule has 1 N–H and O–H groups in total. The molecule has 1 amide bonds. The van der Waals surface area contributed by atoms with Gasteiger partial charge in [0.15, 0.2) is 0 Å². The first-order chi connectivity index (χ1) is 10.7. The van der Waals surface area contributed by atoms with Crippen molar-refractivity contribution in [1.82, 2.24) is 0 Å². The van der Waals surface area contributed by atoms with Gasteiger partial charge in [0.2, 0.25) is 5.91 Å². The summed E-state index contributed by atoms with van der Waals surface area (Å²) in [5.74, 6) is 0.401. The molecule has 3 heteroatoms. The van der Waals surface area contributed by atoms with Crippen LogP contribution >= 0.6 is 0 Å². The molecule has 1 aliphatic heterocycles. The molecule has 1 aliphatic carbocycles. The number of para-hydroxylation sites is 1. The highest BCUT2D eigenvalue weighted by Gasteiger charge is 2.30. The Morgan fingerprint density at radius 2 is 1.82 bits per heavy atom. The molecule has 0 saturated heterocycles. The Morgan fingerprint density at radius 1 is 1.09 bits per heavy atom. The van der Waals surface area contributed by atoms with Gasteiger partial charge in [-0.3, -0.25) is 4.79 Å². The zero-order valence-electron chi connectivity index (χ0n) is 12.8. The minimum Gasteiger partial charge on any atom is -0.338 e.